The van der Waals surface area contributed by atoms with E-state index in [0.717, 1.165) is 39.3 Å². The Morgan fingerprint density at radius 3 is 1.57 bits per heavy atom. The van der Waals surface area contributed by atoms with Crippen molar-refractivity contribution < 1.29 is 0 Å². The molecule has 0 radical (unpaired) electrons. The van der Waals surface area contributed by atoms with Gasteiger partial charge in [-0.1, -0.05) is 188 Å². The van der Waals surface area contributed by atoms with Crippen LogP contribution in [0.5, 0.6) is 0 Å². The van der Waals surface area contributed by atoms with Crippen molar-refractivity contribution in [3.05, 3.63) is 235 Å². The minimum absolute atomic E-state index is 0.0448. The second-order valence-corrected chi connectivity index (χ2v) is 14.4. The van der Waals surface area contributed by atoms with Gasteiger partial charge in [0.1, 0.15) is 0 Å². The summed E-state index contributed by atoms with van der Waals surface area (Å²) < 4.78 is 0. The number of pyridine rings is 1. The number of anilines is 1. The Labute approximate surface area is 328 Å². The van der Waals surface area contributed by atoms with E-state index < -0.39 is 0 Å². The van der Waals surface area contributed by atoms with E-state index in [9.17, 15) is 0 Å². The molecule has 2 heterocycles. The lowest BCUT2D eigenvalue weighted by Crippen LogP contribution is -2.15. The second-order valence-electron chi connectivity index (χ2n) is 14.4. The summed E-state index contributed by atoms with van der Waals surface area (Å²) in [5.74, 6) is 0. The average molecular weight is 715 g/mol. The lowest BCUT2D eigenvalue weighted by Gasteiger charge is -2.29. The molecule has 0 spiro atoms. The van der Waals surface area contributed by atoms with Gasteiger partial charge >= 0.3 is 0 Å². The molecule has 1 aliphatic heterocycles. The number of benzene rings is 8. The van der Waals surface area contributed by atoms with Crippen LogP contribution in [-0.4, -0.2) is 4.98 Å². The molecule has 0 fully saturated rings. The van der Waals surface area contributed by atoms with E-state index in [2.05, 4.69) is 224 Å². The molecule has 1 N–H and O–H groups in total. The van der Waals surface area contributed by atoms with Gasteiger partial charge in [-0.2, -0.15) is 0 Å². The van der Waals surface area contributed by atoms with Crippen molar-refractivity contribution >= 4 is 22.0 Å². The molecule has 1 atom stereocenters. The van der Waals surface area contributed by atoms with Crippen LogP contribution in [0.2, 0.25) is 0 Å². The smallest absolute Gasteiger partial charge is 0.0715 e. The Balaban J connectivity index is 1.08. The van der Waals surface area contributed by atoms with Crippen molar-refractivity contribution in [2.24, 2.45) is 0 Å². The largest absolute Gasteiger partial charge is 0.374 e. The highest BCUT2D eigenvalue weighted by molar-refractivity contribution is 6.10. The highest BCUT2D eigenvalue weighted by atomic mass is 14.9. The molecular weight excluding hydrogens is 677 g/mol. The summed E-state index contributed by atoms with van der Waals surface area (Å²) in [6.07, 6.45) is 2.39. The Hall–Kier alpha value is -7.29. The molecule has 0 amide bonds. The van der Waals surface area contributed by atoms with Crippen LogP contribution in [0.1, 0.15) is 22.7 Å². The van der Waals surface area contributed by atoms with Crippen molar-refractivity contribution in [3.8, 4) is 55.9 Å². The topological polar surface area (TPSA) is 24.9 Å². The van der Waals surface area contributed by atoms with Gasteiger partial charge < -0.3 is 5.32 Å². The number of hydrogen-bond donors (Lipinski definition) is 1. The minimum Gasteiger partial charge on any atom is -0.374 e. The molecule has 264 valence electrons. The standard InChI is InChI=1S/C54H38N2/c1-5-16-37(17-6-1)43-24-15-25-44(32-43)51-34-45(33-50(55-51)41-20-9-3-10-21-41)38-28-30-40(31-29-38)48-35-53-54(47-27-14-13-26-46(47)48)49(39-18-7-2-8-19-39)36-52(56-53)42-22-11-4-12-23-42/h1-36,52,56H. The van der Waals surface area contributed by atoms with Crippen LogP contribution in [0.15, 0.2) is 218 Å². The molecule has 2 heteroatoms. The molecule has 0 saturated carbocycles. The zero-order chi connectivity index (χ0) is 37.3. The first-order valence-electron chi connectivity index (χ1n) is 19.2. The van der Waals surface area contributed by atoms with Crippen molar-refractivity contribution in [2.45, 2.75) is 6.04 Å². The predicted octanol–water partition coefficient (Wildman–Crippen LogP) is 14.2. The van der Waals surface area contributed by atoms with Crippen LogP contribution >= 0.6 is 0 Å². The van der Waals surface area contributed by atoms with Gasteiger partial charge in [-0.25, -0.2) is 4.98 Å². The normalized spacial score (nSPS) is 13.4. The van der Waals surface area contributed by atoms with E-state index >= 15 is 0 Å². The summed E-state index contributed by atoms with van der Waals surface area (Å²) in [6.45, 7) is 0. The molecular formula is C54H38N2. The number of nitrogens with zero attached hydrogens (tertiary/aromatic N) is 1. The minimum atomic E-state index is 0.0448. The average Bonchev–Trinajstić information content (AvgIpc) is 3.29. The molecule has 0 aliphatic carbocycles. The Morgan fingerprint density at radius 2 is 0.875 bits per heavy atom. The summed E-state index contributed by atoms with van der Waals surface area (Å²) in [5.41, 5.74) is 17.2. The number of fused-ring (bicyclic) bond motifs is 3. The van der Waals surface area contributed by atoms with Crippen LogP contribution in [0.3, 0.4) is 0 Å². The van der Waals surface area contributed by atoms with Gasteiger partial charge in [0, 0.05) is 22.4 Å². The van der Waals surface area contributed by atoms with E-state index in [1.807, 2.05) is 0 Å². The highest BCUT2D eigenvalue weighted by Crippen LogP contribution is 2.46. The Morgan fingerprint density at radius 1 is 0.357 bits per heavy atom. The molecule has 0 saturated heterocycles. The second kappa shape index (κ2) is 14.5. The Bertz CT molecular complexity index is 2840. The lowest BCUT2D eigenvalue weighted by molar-refractivity contribution is 0.975. The predicted molar refractivity (Wildman–Crippen MR) is 235 cm³/mol. The van der Waals surface area contributed by atoms with Crippen LogP contribution in [0, 0.1) is 0 Å². The molecule has 9 aromatic rings. The summed E-state index contributed by atoms with van der Waals surface area (Å²) in [6, 6.07) is 76.0. The maximum atomic E-state index is 5.22. The third kappa shape index (κ3) is 6.38. The monoisotopic (exact) mass is 714 g/mol. The first-order valence-corrected chi connectivity index (χ1v) is 19.2. The molecule has 10 rings (SSSR count). The lowest BCUT2D eigenvalue weighted by atomic mass is 9.84. The van der Waals surface area contributed by atoms with E-state index in [4.69, 9.17) is 4.98 Å². The highest BCUT2D eigenvalue weighted by Gasteiger charge is 2.25. The molecule has 1 aliphatic rings. The number of aromatic nitrogens is 1. The zero-order valence-corrected chi connectivity index (χ0v) is 30.8. The van der Waals surface area contributed by atoms with Crippen molar-refractivity contribution in [2.75, 3.05) is 5.32 Å². The van der Waals surface area contributed by atoms with Crippen molar-refractivity contribution in [1.82, 2.24) is 4.98 Å². The molecule has 56 heavy (non-hydrogen) atoms. The fourth-order valence-corrected chi connectivity index (χ4v) is 8.11. The zero-order valence-electron chi connectivity index (χ0n) is 30.8. The summed E-state index contributed by atoms with van der Waals surface area (Å²) in [4.78, 5) is 5.22. The number of rotatable bonds is 7. The van der Waals surface area contributed by atoms with Gasteiger partial charge in [0.05, 0.1) is 17.4 Å². The van der Waals surface area contributed by atoms with Gasteiger partial charge in [-0.15, -0.1) is 0 Å². The molecule has 8 aromatic carbocycles. The third-order valence-electron chi connectivity index (χ3n) is 10.9. The quantitative estimate of drug-likeness (QED) is 0.178. The molecule has 1 unspecified atom stereocenters. The van der Waals surface area contributed by atoms with Crippen LogP contribution in [0.25, 0.3) is 72.2 Å². The van der Waals surface area contributed by atoms with E-state index in [1.54, 1.807) is 0 Å². The summed E-state index contributed by atoms with van der Waals surface area (Å²) in [7, 11) is 0. The Kier molecular flexibility index (Phi) is 8.62. The maximum absolute atomic E-state index is 5.22. The SMILES string of the molecule is C1=C(c2ccccc2)c2c(cc(-c3ccc(-c4cc(-c5ccccc5)nc(-c5cccc(-c6ccccc6)c5)c4)cc3)c3ccccc23)NC1c1ccccc1. The van der Waals surface area contributed by atoms with E-state index in [0.29, 0.717) is 0 Å². The molecule has 1 aromatic heterocycles. The first-order chi connectivity index (χ1) is 27.7. The van der Waals surface area contributed by atoms with Gasteiger partial charge in [0.2, 0.25) is 0 Å². The summed E-state index contributed by atoms with van der Waals surface area (Å²) in [5, 5.41) is 6.40. The molecule has 2 nitrogen and oxygen atoms in total. The first kappa shape index (κ1) is 33.3. The van der Waals surface area contributed by atoms with Gasteiger partial charge in [-0.3, -0.25) is 0 Å². The van der Waals surface area contributed by atoms with Gasteiger partial charge in [-0.05, 0) is 91.2 Å². The number of nitrogens with one attached hydrogen (secondary N) is 1. The van der Waals surface area contributed by atoms with Crippen molar-refractivity contribution in [3.63, 3.8) is 0 Å². The maximum Gasteiger partial charge on any atom is 0.0715 e. The van der Waals surface area contributed by atoms with Crippen LogP contribution < -0.4 is 5.32 Å². The fourth-order valence-electron chi connectivity index (χ4n) is 8.11. The van der Waals surface area contributed by atoms with E-state index in [-0.39, 0.29) is 6.04 Å². The third-order valence-corrected chi connectivity index (χ3v) is 10.9. The number of hydrogen-bond acceptors (Lipinski definition) is 2. The van der Waals surface area contributed by atoms with Gasteiger partial charge in [0.25, 0.3) is 0 Å². The van der Waals surface area contributed by atoms with Gasteiger partial charge in [0.15, 0.2) is 0 Å². The molecule has 0 bridgehead atoms. The van der Waals surface area contributed by atoms with Crippen LogP contribution in [0.4, 0.5) is 5.69 Å². The fraction of sp³-hybridized carbons (Fsp3) is 0.0185. The van der Waals surface area contributed by atoms with Crippen LogP contribution in [-0.2, 0) is 0 Å². The summed E-state index contributed by atoms with van der Waals surface area (Å²) >= 11 is 0. The van der Waals surface area contributed by atoms with E-state index in [1.165, 1.54) is 55.3 Å². The van der Waals surface area contributed by atoms with Crippen molar-refractivity contribution in [1.29, 1.82) is 0 Å².